The molecule has 21 heavy (non-hydrogen) atoms. The fraction of sp³-hybridized carbons (Fsp3) is 0.571. The van der Waals surface area contributed by atoms with E-state index >= 15 is 0 Å². The molecule has 0 aliphatic rings. The molecule has 120 valence electrons. The summed E-state index contributed by atoms with van der Waals surface area (Å²) in [5, 5.41) is 21.8. The molecule has 0 heterocycles. The molecule has 1 rings (SSSR count). The summed E-state index contributed by atoms with van der Waals surface area (Å²) >= 11 is 0. The van der Waals surface area contributed by atoms with E-state index in [1.807, 2.05) is 6.92 Å². The Bertz CT molecular complexity index is 528. The first-order valence-corrected chi connectivity index (χ1v) is 8.39. The maximum atomic E-state index is 12.0. The largest absolute Gasteiger partial charge is 0.394 e. The number of hydrogen-bond acceptors (Lipinski definition) is 5. The number of rotatable bonds is 8. The van der Waals surface area contributed by atoms with Crippen molar-refractivity contribution in [3.63, 3.8) is 0 Å². The first-order chi connectivity index (χ1) is 9.78. The van der Waals surface area contributed by atoms with Gasteiger partial charge >= 0.3 is 0 Å². The average Bonchev–Trinajstić information content (AvgIpc) is 2.44. The van der Waals surface area contributed by atoms with Crippen LogP contribution in [0.1, 0.15) is 27.2 Å². The van der Waals surface area contributed by atoms with Crippen LogP contribution < -0.4 is 10.0 Å². The number of nitrogens with one attached hydrogen (secondary N) is 2. The number of anilines is 1. The summed E-state index contributed by atoms with van der Waals surface area (Å²) in [6, 6.07) is 6.03. The smallest absolute Gasteiger partial charge is 0.240 e. The van der Waals surface area contributed by atoms with Crippen LogP contribution in [-0.4, -0.2) is 43.4 Å². The third kappa shape index (κ3) is 4.67. The Balaban J connectivity index is 2.93. The van der Waals surface area contributed by atoms with E-state index in [0.717, 1.165) is 0 Å². The van der Waals surface area contributed by atoms with Crippen molar-refractivity contribution in [3.05, 3.63) is 24.3 Å². The summed E-state index contributed by atoms with van der Waals surface area (Å²) in [6.07, 6.45) is 0.537. The van der Waals surface area contributed by atoms with Crippen molar-refractivity contribution in [3.8, 4) is 0 Å². The molecule has 0 amide bonds. The van der Waals surface area contributed by atoms with Crippen LogP contribution in [0, 0.1) is 0 Å². The SMILES string of the molecule is CCC(CO)(CO)Nc1ccc(S(=O)(=O)NC(C)C)cc1. The average molecular weight is 316 g/mol. The van der Waals surface area contributed by atoms with Gasteiger partial charge < -0.3 is 15.5 Å². The van der Waals surface area contributed by atoms with Crippen LogP contribution in [0.5, 0.6) is 0 Å². The van der Waals surface area contributed by atoms with E-state index in [0.29, 0.717) is 12.1 Å². The summed E-state index contributed by atoms with van der Waals surface area (Å²) in [5.74, 6) is 0. The van der Waals surface area contributed by atoms with Crippen LogP contribution in [0.4, 0.5) is 5.69 Å². The molecule has 0 atom stereocenters. The number of hydrogen-bond donors (Lipinski definition) is 4. The normalized spacial score (nSPS) is 12.7. The highest BCUT2D eigenvalue weighted by molar-refractivity contribution is 7.89. The van der Waals surface area contributed by atoms with Crippen LogP contribution in [0.3, 0.4) is 0 Å². The minimum atomic E-state index is -3.51. The molecule has 0 saturated heterocycles. The van der Waals surface area contributed by atoms with E-state index in [1.165, 1.54) is 12.1 Å². The summed E-state index contributed by atoms with van der Waals surface area (Å²) in [7, 11) is -3.51. The van der Waals surface area contributed by atoms with Crippen LogP contribution in [0.25, 0.3) is 0 Å². The van der Waals surface area contributed by atoms with Crippen LogP contribution in [0.15, 0.2) is 29.2 Å². The fourth-order valence-corrected chi connectivity index (χ4v) is 3.09. The molecule has 0 saturated carbocycles. The molecule has 7 heteroatoms. The molecule has 0 bridgehead atoms. The second-order valence-corrected chi connectivity index (χ2v) is 7.09. The molecule has 0 aromatic heterocycles. The number of benzene rings is 1. The first-order valence-electron chi connectivity index (χ1n) is 6.91. The van der Waals surface area contributed by atoms with Gasteiger partial charge in [-0.15, -0.1) is 0 Å². The van der Waals surface area contributed by atoms with Crippen molar-refractivity contribution >= 4 is 15.7 Å². The molecular weight excluding hydrogens is 292 g/mol. The minimum absolute atomic E-state index is 0.177. The summed E-state index contributed by atoms with van der Waals surface area (Å²) < 4.78 is 26.5. The maximum absolute atomic E-state index is 12.0. The van der Waals surface area contributed by atoms with E-state index in [4.69, 9.17) is 0 Å². The number of aliphatic hydroxyl groups is 2. The lowest BCUT2D eigenvalue weighted by Gasteiger charge is -2.31. The summed E-state index contributed by atoms with van der Waals surface area (Å²) in [6.45, 7) is 4.94. The highest BCUT2D eigenvalue weighted by Gasteiger charge is 2.26. The Hall–Kier alpha value is -1.15. The molecule has 0 spiro atoms. The Morgan fingerprint density at radius 1 is 1.14 bits per heavy atom. The van der Waals surface area contributed by atoms with Crippen molar-refractivity contribution < 1.29 is 18.6 Å². The van der Waals surface area contributed by atoms with E-state index in [9.17, 15) is 18.6 Å². The van der Waals surface area contributed by atoms with Gasteiger partial charge in [-0.25, -0.2) is 13.1 Å². The predicted octanol–water partition coefficient (Wildman–Crippen LogP) is 0.919. The van der Waals surface area contributed by atoms with Gasteiger partial charge in [0, 0.05) is 11.7 Å². The highest BCUT2D eigenvalue weighted by Crippen LogP contribution is 2.20. The lowest BCUT2D eigenvalue weighted by molar-refractivity contribution is 0.132. The van der Waals surface area contributed by atoms with Crippen LogP contribution >= 0.6 is 0 Å². The first kappa shape index (κ1) is 17.9. The molecule has 0 fully saturated rings. The standard InChI is InChI=1S/C14H24N2O4S/c1-4-14(9-17,10-18)15-12-5-7-13(8-6-12)21(19,20)16-11(2)3/h5-8,11,15-18H,4,9-10H2,1-3H3. The molecule has 0 aliphatic heterocycles. The van der Waals surface area contributed by atoms with Gasteiger partial charge in [0.2, 0.25) is 10.0 Å². The van der Waals surface area contributed by atoms with Crippen molar-refractivity contribution in [2.75, 3.05) is 18.5 Å². The fourth-order valence-electron chi connectivity index (χ4n) is 1.84. The zero-order valence-corrected chi connectivity index (χ0v) is 13.4. The maximum Gasteiger partial charge on any atom is 0.240 e. The lowest BCUT2D eigenvalue weighted by Crippen LogP contribution is -2.45. The van der Waals surface area contributed by atoms with E-state index in [2.05, 4.69) is 10.0 Å². The second kappa shape index (κ2) is 7.22. The minimum Gasteiger partial charge on any atom is -0.394 e. The topological polar surface area (TPSA) is 98.7 Å². The molecule has 0 unspecified atom stereocenters. The molecule has 0 radical (unpaired) electrons. The van der Waals surface area contributed by atoms with Gasteiger partial charge in [-0.1, -0.05) is 6.92 Å². The monoisotopic (exact) mass is 316 g/mol. The van der Waals surface area contributed by atoms with Crippen LogP contribution in [-0.2, 0) is 10.0 Å². The lowest BCUT2D eigenvalue weighted by atomic mass is 9.98. The van der Waals surface area contributed by atoms with Crippen molar-refractivity contribution in [2.45, 2.75) is 43.7 Å². The van der Waals surface area contributed by atoms with Crippen molar-refractivity contribution in [1.29, 1.82) is 0 Å². The van der Waals surface area contributed by atoms with E-state index < -0.39 is 15.6 Å². The molecular formula is C14H24N2O4S. The van der Waals surface area contributed by atoms with E-state index in [1.54, 1.807) is 26.0 Å². The van der Waals surface area contributed by atoms with Gasteiger partial charge in [-0.2, -0.15) is 0 Å². The van der Waals surface area contributed by atoms with Gasteiger partial charge in [0.1, 0.15) is 0 Å². The van der Waals surface area contributed by atoms with Gasteiger partial charge in [0.05, 0.1) is 23.6 Å². The third-order valence-corrected chi connectivity index (χ3v) is 4.92. The number of aliphatic hydroxyl groups excluding tert-OH is 2. The molecule has 1 aromatic rings. The van der Waals surface area contributed by atoms with Crippen LogP contribution in [0.2, 0.25) is 0 Å². The summed E-state index contributed by atoms with van der Waals surface area (Å²) in [4.78, 5) is 0.178. The quantitative estimate of drug-likeness (QED) is 0.571. The molecule has 6 nitrogen and oxygen atoms in total. The van der Waals surface area contributed by atoms with Gasteiger partial charge in [0.15, 0.2) is 0 Å². The van der Waals surface area contributed by atoms with Crippen molar-refractivity contribution in [2.24, 2.45) is 0 Å². The Morgan fingerprint density at radius 3 is 2.05 bits per heavy atom. The Labute approximate surface area is 126 Å². The predicted molar refractivity (Wildman–Crippen MR) is 82.7 cm³/mol. The second-order valence-electron chi connectivity index (χ2n) is 5.38. The molecule has 1 aromatic carbocycles. The Kier molecular flexibility index (Phi) is 6.15. The van der Waals surface area contributed by atoms with Crippen molar-refractivity contribution in [1.82, 2.24) is 4.72 Å². The van der Waals surface area contributed by atoms with E-state index in [-0.39, 0.29) is 24.2 Å². The molecule has 4 N–H and O–H groups in total. The van der Waals surface area contributed by atoms with Gasteiger partial charge in [-0.3, -0.25) is 0 Å². The Morgan fingerprint density at radius 2 is 1.67 bits per heavy atom. The number of sulfonamides is 1. The van der Waals surface area contributed by atoms with Gasteiger partial charge in [-0.05, 0) is 44.5 Å². The third-order valence-electron chi connectivity index (χ3n) is 3.25. The highest BCUT2D eigenvalue weighted by atomic mass is 32.2. The zero-order valence-electron chi connectivity index (χ0n) is 12.6. The summed E-state index contributed by atoms with van der Waals surface area (Å²) in [5.41, 5.74) is -0.167. The van der Waals surface area contributed by atoms with Gasteiger partial charge in [0.25, 0.3) is 0 Å². The molecule has 0 aliphatic carbocycles. The zero-order chi connectivity index (χ0) is 16.1.